The second kappa shape index (κ2) is 7.70. The van der Waals surface area contributed by atoms with Crippen molar-refractivity contribution >= 4 is 34.9 Å². The molecule has 0 saturated heterocycles. The van der Waals surface area contributed by atoms with Gasteiger partial charge >= 0.3 is 0 Å². The third kappa shape index (κ3) is 4.05. The van der Waals surface area contributed by atoms with Crippen LogP contribution in [0.4, 0.5) is 5.69 Å². The molecule has 2 aromatic rings. The average molecular weight is 341 g/mol. The number of carbonyl (C=O) groups is 1. The molecule has 0 aliphatic heterocycles. The predicted octanol–water partition coefficient (Wildman–Crippen LogP) is 1.15. The van der Waals surface area contributed by atoms with Crippen molar-refractivity contribution in [3.05, 3.63) is 50.3 Å². The van der Waals surface area contributed by atoms with Crippen molar-refractivity contribution in [3.63, 3.8) is 0 Å². The molecular weight excluding hydrogens is 324 g/mol. The molecule has 124 valence electrons. The Morgan fingerprint density at radius 2 is 2.09 bits per heavy atom. The minimum Gasteiger partial charge on any atom is -0.340 e. The molecule has 2 rings (SSSR count). The number of benzene rings is 1. The minimum absolute atomic E-state index is 0. The number of nitrogens with one attached hydrogen (secondary N) is 2. The Kier molecular flexibility index (Phi) is 6.23. The highest BCUT2D eigenvalue weighted by Gasteiger charge is 2.18. The van der Waals surface area contributed by atoms with Gasteiger partial charge in [0.2, 0.25) is 5.56 Å². The van der Waals surface area contributed by atoms with Crippen LogP contribution in [0.5, 0.6) is 0 Å². The van der Waals surface area contributed by atoms with E-state index < -0.39 is 10.5 Å². The number of hydrogen-bond acceptors (Lipinski definition) is 5. The maximum absolute atomic E-state index is 12.5. The molecule has 0 aliphatic rings. The molecular formula is C14H17ClN4O4. The van der Waals surface area contributed by atoms with Crippen LogP contribution in [0, 0.1) is 10.1 Å². The van der Waals surface area contributed by atoms with Gasteiger partial charge < -0.3 is 15.2 Å². The summed E-state index contributed by atoms with van der Waals surface area (Å²) in [5, 5.41) is 14.2. The number of carbonyl (C=O) groups excluding carboxylic acids is 1. The van der Waals surface area contributed by atoms with Crippen molar-refractivity contribution < 1.29 is 9.72 Å². The Labute approximate surface area is 138 Å². The van der Waals surface area contributed by atoms with Crippen LogP contribution < -0.4 is 10.9 Å². The molecule has 2 N–H and O–H groups in total. The summed E-state index contributed by atoms with van der Waals surface area (Å²) in [7, 11) is 3.38. The van der Waals surface area contributed by atoms with Crippen molar-refractivity contribution in [2.75, 3.05) is 27.2 Å². The van der Waals surface area contributed by atoms with Crippen LogP contribution in [0.25, 0.3) is 10.9 Å². The fourth-order valence-electron chi connectivity index (χ4n) is 2.12. The van der Waals surface area contributed by atoms with E-state index in [1.54, 1.807) is 14.1 Å². The number of H-pyrrole nitrogens is 1. The Bertz CT molecular complexity index is 790. The van der Waals surface area contributed by atoms with Crippen molar-refractivity contribution in [3.8, 4) is 0 Å². The molecule has 0 fully saturated rings. The zero-order valence-electron chi connectivity index (χ0n) is 12.7. The summed E-state index contributed by atoms with van der Waals surface area (Å²) in [4.78, 5) is 38.6. The fraction of sp³-hybridized carbons (Fsp3) is 0.286. The molecule has 9 heteroatoms. The Balaban J connectivity index is 0.00000264. The van der Waals surface area contributed by atoms with Crippen molar-refractivity contribution in [2.45, 2.75) is 0 Å². The second-order valence-corrected chi connectivity index (χ2v) is 4.86. The smallest absolute Gasteiger partial charge is 0.270 e. The summed E-state index contributed by atoms with van der Waals surface area (Å²) in [5.74, 6) is -0.355. The van der Waals surface area contributed by atoms with Gasteiger partial charge in [-0.1, -0.05) is 0 Å². The Morgan fingerprint density at radius 3 is 2.70 bits per heavy atom. The largest absolute Gasteiger partial charge is 0.340 e. The molecule has 0 saturated carbocycles. The lowest BCUT2D eigenvalue weighted by atomic mass is 10.1. The lowest BCUT2D eigenvalue weighted by molar-refractivity contribution is -0.384. The average Bonchev–Trinajstić information content (AvgIpc) is 2.50. The number of amides is 1. The quantitative estimate of drug-likeness (QED) is 0.627. The van der Waals surface area contributed by atoms with E-state index in [2.05, 4.69) is 10.3 Å². The monoisotopic (exact) mass is 340 g/mol. The van der Waals surface area contributed by atoms with Gasteiger partial charge in [-0.15, -0.1) is 12.4 Å². The first-order valence-electron chi connectivity index (χ1n) is 6.65. The number of halogens is 1. The maximum atomic E-state index is 12.5. The number of likely N-dealkylation sites (N-methyl/N-ethyl adjacent to an activating group) is 2. The first-order chi connectivity index (χ1) is 10.4. The van der Waals surface area contributed by atoms with Crippen molar-refractivity contribution in [2.24, 2.45) is 0 Å². The highest BCUT2D eigenvalue weighted by Crippen LogP contribution is 2.22. The summed E-state index contributed by atoms with van der Waals surface area (Å²) in [5.41, 5.74) is -0.0114. The third-order valence-electron chi connectivity index (χ3n) is 3.31. The molecule has 1 aromatic carbocycles. The van der Waals surface area contributed by atoms with Gasteiger partial charge in [0.05, 0.1) is 10.5 Å². The third-order valence-corrected chi connectivity index (χ3v) is 3.31. The fourth-order valence-corrected chi connectivity index (χ4v) is 2.12. The molecule has 8 nitrogen and oxygen atoms in total. The number of hydrogen-bond donors (Lipinski definition) is 2. The van der Waals surface area contributed by atoms with Crippen LogP contribution in [0.3, 0.4) is 0 Å². The van der Waals surface area contributed by atoms with Gasteiger partial charge in [0, 0.05) is 49.2 Å². The van der Waals surface area contributed by atoms with Crippen LogP contribution in [-0.2, 0) is 0 Å². The molecule has 23 heavy (non-hydrogen) atoms. The summed E-state index contributed by atoms with van der Waals surface area (Å²) in [6.45, 7) is 1.06. The Morgan fingerprint density at radius 1 is 1.39 bits per heavy atom. The predicted molar refractivity (Wildman–Crippen MR) is 89.4 cm³/mol. The Hall–Kier alpha value is -2.45. The minimum atomic E-state index is -0.538. The molecule has 0 bridgehead atoms. The van der Waals surface area contributed by atoms with Crippen LogP contribution in [0.15, 0.2) is 29.1 Å². The summed E-state index contributed by atoms with van der Waals surface area (Å²) in [6.07, 6.45) is 0. The molecule has 0 radical (unpaired) electrons. The number of fused-ring (bicyclic) bond motifs is 1. The topological polar surface area (TPSA) is 108 Å². The number of aromatic nitrogens is 1. The van der Waals surface area contributed by atoms with Crippen LogP contribution in [0.1, 0.15) is 10.4 Å². The van der Waals surface area contributed by atoms with Crippen LogP contribution >= 0.6 is 12.4 Å². The highest BCUT2D eigenvalue weighted by atomic mass is 35.5. The molecule has 0 aliphatic carbocycles. The van der Waals surface area contributed by atoms with E-state index in [9.17, 15) is 19.7 Å². The van der Waals surface area contributed by atoms with E-state index in [1.165, 1.54) is 29.2 Å². The zero-order chi connectivity index (χ0) is 16.3. The van der Waals surface area contributed by atoms with Gasteiger partial charge in [-0.25, -0.2) is 0 Å². The number of nitro benzene ring substituents is 1. The lowest BCUT2D eigenvalue weighted by Gasteiger charge is -2.17. The molecule has 0 spiro atoms. The molecule has 0 atom stereocenters. The van der Waals surface area contributed by atoms with Gasteiger partial charge in [-0.2, -0.15) is 0 Å². The molecule has 1 heterocycles. The number of aromatic amines is 1. The summed E-state index contributed by atoms with van der Waals surface area (Å²) in [6, 6.07) is 5.19. The van der Waals surface area contributed by atoms with Gasteiger partial charge in [0.25, 0.3) is 11.6 Å². The number of nitrogens with zero attached hydrogens (tertiary/aromatic N) is 2. The van der Waals surface area contributed by atoms with Gasteiger partial charge in [0.1, 0.15) is 0 Å². The maximum Gasteiger partial charge on any atom is 0.270 e. The molecule has 1 amide bonds. The number of nitro groups is 1. The number of pyridine rings is 1. The van der Waals surface area contributed by atoms with Gasteiger partial charge in [-0.3, -0.25) is 19.7 Å². The summed E-state index contributed by atoms with van der Waals surface area (Å²) >= 11 is 0. The molecule has 1 aromatic heterocycles. The first-order valence-corrected chi connectivity index (χ1v) is 6.65. The second-order valence-electron chi connectivity index (χ2n) is 4.86. The van der Waals surface area contributed by atoms with E-state index in [0.29, 0.717) is 24.0 Å². The van der Waals surface area contributed by atoms with Gasteiger partial charge in [0.15, 0.2) is 0 Å². The highest BCUT2D eigenvalue weighted by molar-refractivity contribution is 6.06. The van der Waals surface area contributed by atoms with E-state index in [0.717, 1.165) is 0 Å². The van der Waals surface area contributed by atoms with E-state index in [4.69, 9.17) is 0 Å². The number of rotatable bonds is 5. The molecule has 0 unspecified atom stereocenters. The van der Waals surface area contributed by atoms with E-state index in [-0.39, 0.29) is 29.6 Å². The SMILES string of the molecule is CNCCN(C)C(=O)c1cc(=O)[nH]c2ccc([N+](=O)[O-])cc12.Cl. The zero-order valence-corrected chi connectivity index (χ0v) is 13.5. The normalized spacial score (nSPS) is 10.2. The van der Waals surface area contributed by atoms with Crippen molar-refractivity contribution in [1.29, 1.82) is 0 Å². The standard InChI is InChI=1S/C14H16N4O4.ClH/c1-15-5-6-17(2)14(20)11-8-13(19)16-12-4-3-9(18(21)22)7-10(11)12;/h3-4,7-8,15H,5-6H2,1-2H3,(H,16,19);1H. The number of non-ortho nitro benzene ring substituents is 1. The summed E-state index contributed by atoms with van der Waals surface area (Å²) < 4.78 is 0. The van der Waals surface area contributed by atoms with Crippen LogP contribution in [0.2, 0.25) is 0 Å². The van der Waals surface area contributed by atoms with Crippen molar-refractivity contribution in [1.82, 2.24) is 15.2 Å². The van der Waals surface area contributed by atoms with Crippen LogP contribution in [-0.4, -0.2) is 47.9 Å². The van der Waals surface area contributed by atoms with E-state index in [1.807, 2.05) is 0 Å². The van der Waals surface area contributed by atoms with Gasteiger partial charge in [-0.05, 0) is 13.1 Å². The van der Waals surface area contributed by atoms with E-state index >= 15 is 0 Å². The first kappa shape index (κ1) is 18.6. The lowest BCUT2D eigenvalue weighted by Crippen LogP contribution is -2.33.